The minimum absolute atomic E-state index is 0.0313. The number of nitrogen functional groups attached to an aromatic ring is 1. The highest BCUT2D eigenvalue weighted by molar-refractivity contribution is 5.97. The highest BCUT2D eigenvalue weighted by atomic mass is 16.5. The lowest BCUT2D eigenvalue weighted by molar-refractivity contribution is 0.0936. The number of piperidine rings is 1. The fraction of sp³-hybridized carbons (Fsp3) is 0.611. The second-order valence-electron chi connectivity index (χ2n) is 7.32. The highest BCUT2D eigenvalue weighted by Crippen LogP contribution is 2.38. The van der Waals surface area contributed by atoms with Gasteiger partial charge in [0.05, 0.1) is 12.3 Å². The second kappa shape index (κ2) is 5.71. The summed E-state index contributed by atoms with van der Waals surface area (Å²) in [7, 11) is 2.19. The third-order valence-corrected chi connectivity index (χ3v) is 5.74. The fourth-order valence-corrected chi connectivity index (χ4v) is 4.58. The predicted molar refractivity (Wildman–Crippen MR) is 89.6 cm³/mol. The van der Waals surface area contributed by atoms with Gasteiger partial charge in [-0.15, -0.1) is 0 Å². The van der Waals surface area contributed by atoms with Crippen LogP contribution in [-0.2, 0) is 6.42 Å². The quantitative estimate of drug-likeness (QED) is 0.815. The van der Waals surface area contributed by atoms with Gasteiger partial charge in [0.25, 0.3) is 5.91 Å². The molecule has 1 saturated heterocycles. The number of likely N-dealkylation sites (tertiary alicyclic amines) is 1. The number of nitrogens with zero attached hydrogens (tertiary/aromatic N) is 1. The van der Waals surface area contributed by atoms with E-state index < -0.39 is 0 Å². The third-order valence-electron chi connectivity index (χ3n) is 5.74. The zero-order valence-electron chi connectivity index (χ0n) is 13.7. The number of carbonyl (C=O) groups excluding carboxylic acids is 1. The van der Waals surface area contributed by atoms with Gasteiger partial charge < -0.3 is 20.7 Å². The first kappa shape index (κ1) is 14.8. The number of amides is 1. The molecule has 0 spiro atoms. The average molecular weight is 315 g/mol. The summed E-state index contributed by atoms with van der Waals surface area (Å²) in [5.41, 5.74) is 8.27. The van der Waals surface area contributed by atoms with Crippen LogP contribution in [0.5, 0.6) is 5.75 Å². The van der Waals surface area contributed by atoms with Gasteiger partial charge in [-0.2, -0.15) is 0 Å². The lowest BCUT2D eigenvalue weighted by atomic mass is 9.89. The molecular weight excluding hydrogens is 290 g/mol. The van der Waals surface area contributed by atoms with Crippen LogP contribution in [0.2, 0.25) is 0 Å². The molecule has 1 saturated carbocycles. The minimum atomic E-state index is 0.0313. The summed E-state index contributed by atoms with van der Waals surface area (Å²) < 4.78 is 5.57. The minimum Gasteiger partial charge on any atom is -0.491 e. The van der Waals surface area contributed by atoms with Gasteiger partial charge in [0.15, 0.2) is 0 Å². The van der Waals surface area contributed by atoms with Crippen molar-refractivity contribution in [3.63, 3.8) is 0 Å². The molecule has 1 aromatic carbocycles. The van der Waals surface area contributed by atoms with E-state index in [2.05, 4.69) is 17.3 Å². The normalized spacial score (nSPS) is 29.7. The van der Waals surface area contributed by atoms with Crippen molar-refractivity contribution >= 4 is 11.6 Å². The molecule has 0 radical (unpaired) electrons. The summed E-state index contributed by atoms with van der Waals surface area (Å²) in [6.45, 7) is 2.97. The van der Waals surface area contributed by atoms with E-state index in [0.717, 1.165) is 42.2 Å². The van der Waals surface area contributed by atoms with Gasteiger partial charge in [-0.3, -0.25) is 4.79 Å². The number of nitrogens with two attached hydrogens (primary N) is 1. The molecular formula is C18H25N3O2. The first-order valence-corrected chi connectivity index (χ1v) is 8.65. The van der Waals surface area contributed by atoms with E-state index in [-0.39, 0.29) is 5.91 Å². The summed E-state index contributed by atoms with van der Waals surface area (Å²) in [5, 5.41) is 3.26. The molecule has 3 aliphatic rings. The van der Waals surface area contributed by atoms with Crippen LogP contribution in [0.1, 0.15) is 35.2 Å². The molecule has 0 bridgehead atoms. The fourth-order valence-electron chi connectivity index (χ4n) is 4.58. The molecule has 1 aromatic rings. The Morgan fingerprint density at radius 2 is 2.17 bits per heavy atom. The molecule has 124 valence electrons. The number of rotatable bonds is 2. The van der Waals surface area contributed by atoms with E-state index in [1.54, 1.807) is 6.07 Å². The Labute approximate surface area is 137 Å². The maximum Gasteiger partial charge on any atom is 0.251 e. The summed E-state index contributed by atoms with van der Waals surface area (Å²) in [5.74, 6) is 2.25. The summed E-state index contributed by atoms with van der Waals surface area (Å²) in [6, 6.07) is 3.93. The SMILES string of the molecule is CN1CC[C@@H]2C[C@@H](NC(=O)c3ccc(N)c4c3CCO4)C[C@@H]2C1. The van der Waals surface area contributed by atoms with E-state index >= 15 is 0 Å². The number of anilines is 1. The monoisotopic (exact) mass is 315 g/mol. The Balaban J connectivity index is 1.46. The van der Waals surface area contributed by atoms with Gasteiger partial charge in [0.2, 0.25) is 0 Å². The summed E-state index contributed by atoms with van der Waals surface area (Å²) in [4.78, 5) is 15.1. The average Bonchev–Trinajstić information content (AvgIpc) is 3.13. The molecule has 5 heteroatoms. The van der Waals surface area contributed by atoms with Crippen LogP contribution in [0.15, 0.2) is 12.1 Å². The Bertz CT molecular complexity index is 631. The second-order valence-corrected chi connectivity index (χ2v) is 7.32. The first-order chi connectivity index (χ1) is 11.1. The van der Waals surface area contributed by atoms with Crippen molar-refractivity contribution < 1.29 is 9.53 Å². The van der Waals surface area contributed by atoms with Crippen LogP contribution in [0, 0.1) is 11.8 Å². The number of ether oxygens (including phenoxy) is 1. The van der Waals surface area contributed by atoms with Crippen LogP contribution >= 0.6 is 0 Å². The number of fused-ring (bicyclic) bond motifs is 2. The molecule has 2 heterocycles. The van der Waals surface area contributed by atoms with Gasteiger partial charge in [0, 0.05) is 30.1 Å². The van der Waals surface area contributed by atoms with E-state index in [1.165, 1.54) is 19.5 Å². The van der Waals surface area contributed by atoms with Gasteiger partial charge in [-0.1, -0.05) is 0 Å². The van der Waals surface area contributed by atoms with Crippen molar-refractivity contribution in [1.82, 2.24) is 10.2 Å². The summed E-state index contributed by atoms with van der Waals surface area (Å²) >= 11 is 0. The number of nitrogens with one attached hydrogen (secondary N) is 1. The molecule has 3 N–H and O–H groups in total. The molecule has 1 amide bonds. The molecule has 0 unspecified atom stereocenters. The van der Waals surface area contributed by atoms with Gasteiger partial charge >= 0.3 is 0 Å². The maximum atomic E-state index is 12.7. The van der Waals surface area contributed by atoms with Crippen LogP contribution in [-0.4, -0.2) is 43.6 Å². The number of benzene rings is 1. The molecule has 4 rings (SSSR count). The molecule has 1 aliphatic carbocycles. The standard InChI is InChI=1S/C18H25N3O2/c1-21-6-4-11-8-13(9-12(11)10-21)20-18(22)15-2-3-16(19)17-14(15)5-7-23-17/h2-3,11-13H,4-10,19H2,1H3,(H,20,22)/t11-,12-,13-/m1/s1. The van der Waals surface area contributed by atoms with E-state index in [9.17, 15) is 4.79 Å². The zero-order valence-corrected chi connectivity index (χ0v) is 13.7. The highest BCUT2D eigenvalue weighted by Gasteiger charge is 2.38. The Kier molecular flexibility index (Phi) is 3.68. The molecule has 5 nitrogen and oxygen atoms in total. The maximum absolute atomic E-state index is 12.7. The van der Waals surface area contributed by atoms with Crippen molar-refractivity contribution in [2.24, 2.45) is 11.8 Å². The Hall–Kier alpha value is -1.75. The van der Waals surface area contributed by atoms with Crippen molar-refractivity contribution in [3.8, 4) is 5.75 Å². The van der Waals surface area contributed by atoms with E-state index in [4.69, 9.17) is 10.5 Å². The first-order valence-electron chi connectivity index (χ1n) is 8.65. The van der Waals surface area contributed by atoms with Gasteiger partial charge in [-0.05, 0) is 56.8 Å². The largest absolute Gasteiger partial charge is 0.491 e. The van der Waals surface area contributed by atoms with Crippen molar-refractivity contribution in [1.29, 1.82) is 0 Å². The van der Waals surface area contributed by atoms with Crippen LogP contribution in [0.3, 0.4) is 0 Å². The van der Waals surface area contributed by atoms with Crippen molar-refractivity contribution in [2.75, 3.05) is 32.5 Å². The molecule has 0 aromatic heterocycles. The Morgan fingerprint density at radius 1 is 1.35 bits per heavy atom. The molecule has 23 heavy (non-hydrogen) atoms. The molecule has 2 aliphatic heterocycles. The van der Waals surface area contributed by atoms with Crippen molar-refractivity contribution in [2.45, 2.75) is 31.7 Å². The molecule has 2 fully saturated rings. The van der Waals surface area contributed by atoms with Gasteiger partial charge in [-0.25, -0.2) is 0 Å². The Morgan fingerprint density at radius 3 is 3.04 bits per heavy atom. The number of carbonyl (C=O) groups is 1. The molecule has 3 atom stereocenters. The number of hydrogen-bond acceptors (Lipinski definition) is 4. The van der Waals surface area contributed by atoms with Crippen LogP contribution in [0.25, 0.3) is 0 Å². The van der Waals surface area contributed by atoms with E-state index in [0.29, 0.717) is 24.1 Å². The topological polar surface area (TPSA) is 67.6 Å². The van der Waals surface area contributed by atoms with Crippen LogP contribution < -0.4 is 15.8 Å². The lowest BCUT2D eigenvalue weighted by Gasteiger charge is -2.31. The lowest BCUT2D eigenvalue weighted by Crippen LogP contribution is -2.35. The summed E-state index contributed by atoms with van der Waals surface area (Å²) in [6.07, 6.45) is 4.26. The van der Waals surface area contributed by atoms with Crippen molar-refractivity contribution in [3.05, 3.63) is 23.3 Å². The predicted octanol–water partition coefficient (Wildman–Crippen LogP) is 1.66. The third kappa shape index (κ3) is 2.67. The van der Waals surface area contributed by atoms with Gasteiger partial charge in [0.1, 0.15) is 5.75 Å². The van der Waals surface area contributed by atoms with Crippen LogP contribution in [0.4, 0.5) is 5.69 Å². The van der Waals surface area contributed by atoms with E-state index in [1.807, 2.05) is 6.07 Å². The smallest absolute Gasteiger partial charge is 0.251 e. The zero-order chi connectivity index (χ0) is 16.0. The number of hydrogen-bond donors (Lipinski definition) is 2.